The SMILES string of the molecule is COc1ccc([C@@H]2Oc3cc(OC)cc(OC)c3C[C@@H]2O)cc1. The molecule has 1 aliphatic heterocycles. The fourth-order valence-corrected chi connectivity index (χ4v) is 2.82. The number of hydrogen-bond donors (Lipinski definition) is 1. The molecule has 0 saturated heterocycles. The quantitative estimate of drug-likeness (QED) is 0.940. The van der Waals surface area contributed by atoms with Gasteiger partial charge in [0.25, 0.3) is 0 Å². The van der Waals surface area contributed by atoms with Crippen LogP contribution in [0.3, 0.4) is 0 Å². The van der Waals surface area contributed by atoms with E-state index in [2.05, 4.69) is 0 Å². The van der Waals surface area contributed by atoms with Gasteiger partial charge in [-0.15, -0.1) is 0 Å². The molecule has 0 fully saturated rings. The third-order valence-electron chi connectivity index (χ3n) is 4.06. The van der Waals surface area contributed by atoms with E-state index in [1.54, 1.807) is 27.4 Å². The van der Waals surface area contributed by atoms with Crippen LogP contribution in [0, 0.1) is 0 Å². The third kappa shape index (κ3) is 2.92. The molecule has 2 aromatic rings. The van der Waals surface area contributed by atoms with Gasteiger partial charge in [0.1, 0.15) is 29.1 Å². The Morgan fingerprint density at radius 2 is 1.65 bits per heavy atom. The van der Waals surface area contributed by atoms with Crippen LogP contribution in [-0.2, 0) is 6.42 Å². The molecule has 122 valence electrons. The fraction of sp³-hybridized carbons (Fsp3) is 0.333. The van der Waals surface area contributed by atoms with Gasteiger partial charge in [-0.1, -0.05) is 12.1 Å². The first-order valence-electron chi connectivity index (χ1n) is 7.40. The van der Waals surface area contributed by atoms with Crippen LogP contribution in [0.4, 0.5) is 0 Å². The van der Waals surface area contributed by atoms with Gasteiger partial charge in [-0.3, -0.25) is 0 Å². The molecule has 5 heteroatoms. The summed E-state index contributed by atoms with van der Waals surface area (Å²) in [6.45, 7) is 0. The Hall–Kier alpha value is -2.40. The van der Waals surface area contributed by atoms with Crippen LogP contribution in [-0.4, -0.2) is 32.5 Å². The lowest BCUT2D eigenvalue weighted by Gasteiger charge is -2.32. The molecule has 0 unspecified atom stereocenters. The van der Waals surface area contributed by atoms with Gasteiger partial charge in [0.15, 0.2) is 0 Å². The number of hydrogen-bond acceptors (Lipinski definition) is 5. The van der Waals surface area contributed by atoms with Crippen molar-refractivity contribution in [2.24, 2.45) is 0 Å². The first-order chi connectivity index (χ1) is 11.2. The normalized spacial score (nSPS) is 19.5. The largest absolute Gasteiger partial charge is 0.497 e. The van der Waals surface area contributed by atoms with E-state index in [0.717, 1.165) is 16.9 Å². The topological polar surface area (TPSA) is 57.2 Å². The van der Waals surface area contributed by atoms with Gasteiger partial charge >= 0.3 is 0 Å². The van der Waals surface area contributed by atoms with Gasteiger partial charge in [-0.2, -0.15) is 0 Å². The Labute approximate surface area is 135 Å². The summed E-state index contributed by atoms with van der Waals surface area (Å²) in [6, 6.07) is 11.1. The number of fused-ring (bicyclic) bond motifs is 1. The van der Waals surface area contributed by atoms with Gasteiger partial charge < -0.3 is 24.1 Å². The van der Waals surface area contributed by atoms with Gasteiger partial charge in [0.05, 0.1) is 27.4 Å². The molecule has 0 radical (unpaired) electrons. The third-order valence-corrected chi connectivity index (χ3v) is 4.06. The monoisotopic (exact) mass is 316 g/mol. The van der Waals surface area contributed by atoms with E-state index in [4.69, 9.17) is 18.9 Å². The van der Waals surface area contributed by atoms with E-state index in [1.807, 2.05) is 30.3 Å². The van der Waals surface area contributed by atoms with Crippen LogP contribution in [0.5, 0.6) is 23.0 Å². The van der Waals surface area contributed by atoms with Gasteiger partial charge in [0, 0.05) is 24.1 Å². The Morgan fingerprint density at radius 3 is 2.26 bits per heavy atom. The van der Waals surface area contributed by atoms with Crippen LogP contribution in [0.15, 0.2) is 36.4 Å². The molecule has 0 aromatic heterocycles. The summed E-state index contributed by atoms with van der Waals surface area (Å²) in [7, 11) is 4.81. The number of ether oxygens (including phenoxy) is 4. The maximum Gasteiger partial charge on any atom is 0.150 e. The average molecular weight is 316 g/mol. The van der Waals surface area contributed by atoms with Crippen molar-refractivity contribution in [3.63, 3.8) is 0 Å². The minimum atomic E-state index is -0.654. The number of aliphatic hydroxyl groups is 1. The first kappa shape index (κ1) is 15.5. The fourth-order valence-electron chi connectivity index (χ4n) is 2.82. The molecule has 2 atom stereocenters. The van der Waals surface area contributed by atoms with Crippen molar-refractivity contribution >= 4 is 0 Å². The molecule has 1 aliphatic rings. The smallest absolute Gasteiger partial charge is 0.150 e. The van der Waals surface area contributed by atoms with Crippen molar-refractivity contribution in [2.45, 2.75) is 18.6 Å². The average Bonchev–Trinajstić information content (AvgIpc) is 2.60. The van der Waals surface area contributed by atoms with Crippen molar-refractivity contribution in [2.75, 3.05) is 21.3 Å². The zero-order valence-electron chi connectivity index (χ0n) is 13.4. The summed E-state index contributed by atoms with van der Waals surface area (Å²) in [5.41, 5.74) is 1.75. The standard InChI is InChI=1S/C18H20O5/c1-20-12-6-4-11(5-7-12)18-15(19)10-14-16(22-3)8-13(21-2)9-17(14)23-18/h4-9,15,18-19H,10H2,1-3H3/t15-,18-/m0/s1. The van der Waals surface area contributed by atoms with Crippen molar-refractivity contribution in [1.29, 1.82) is 0 Å². The van der Waals surface area contributed by atoms with Crippen LogP contribution >= 0.6 is 0 Å². The molecule has 0 saturated carbocycles. The predicted octanol–water partition coefficient (Wildman–Crippen LogP) is 2.75. The lowest BCUT2D eigenvalue weighted by Crippen LogP contribution is -2.30. The van der Waals surface area contributed by atoms with Gasteiger partial charge in [0.2, 0.25) is 0 Å². The Bertz CT molecular complexity index is 681. The zero-order valence-corrected chi connectivity index (χ0v) is 13.4. The van der Waals surface area contributed by atoms with E-state index in [-0.39, 0.29) is 0 Å². The zero-order chi connectivity index (χ0) is 16.4. The van der Waals surface area contributed by atoms with Crippen LogP contribution in [0.2, 0.25) is 0 Å². The lowest BCUT2D eigenvalue weighted by atomic mass is 9.94. The minimum absolute atomic E-state index is 0.440. The molecule has 0 aliphatic carbocycles. The molecule has 0 spiro atoms. The number of aliphatic hydroxyl groups excluding tert-OH is 1. The Kier molecular flexibility index (Phi) is 4.30. The summed E-state index contributed by atoms with van der Waals surface area (Å²) >= 11 is 0. The summed E-state index contributed by atoms with van der Waals surface area (Å²) < 4.78 is 21.9. The van der Waals surface area contributed by atoms with E-state index in [0.29, 0.717) is 23.7 Å². The van der Waals surface area contributed by atoms with Crippen molar-refractivity contribution in [3.05, 3.63) is 47.5 Å². The van der Waals surface area contributed by atoms with Gasteiger partial charge in [-0.25, -0.2) is 0 Å². The van der Waals surface area contributed by atoms with Crippen molar-refractivity contribution < 1.29 is 24.1 Å². The summed E-state index contributed by atoms with van der Waals surface area (Å²) in [5, 5.41) is 10.5. The molecular formula is C18H20O5. The molecule has 2 aromatic carbocycles. The number of rotatable bonds is 4. The Morgan fingerprint density at radius 1 is 0.957 bits per heavy atom. The summed E-state index contributed by atoms with van der Waals surface area (Å²) in [6.07, 6.45) is -0.637. The van der Waals surface area contributed by atoms with E-state index >= 15 is 0 Å². The maximum atomic E-state index is 10.5. The molecule has 3 rings (SSSR count). The second kappa shape index (κ2) is 6.38. The first-order valence-corrected chi connectivity index (χ1v) is 7.40. The van der Waals surface area contributed by atoms with Crippen LogP contribution in [0.1, 0.15) is 17.2 Å². The highest BCUT2D eigenvalue weighted by atomic mass is 16.5. The van der Waals surface area contributed by atoms with Gasteiger partial charge in [-0.05, 0) is 17.7 Å². The van der Waals surface area contributed by atoms with E-state index < -0.39 is 12.2 Å². The highest BCUT2D eigenvalue weighted by Gasteiger charge is 2.32. The highest BCUT2D eigenvalue weighted by Crippen LogP contribution is 2.42. The van der Waals surface area contributed by atoms with E-state index in [9.17, 15) is 5.11 Å². The summed E-state index contributed by atoms with van der Waals surface area (Å²) in [4.78, 5) is 0. The predicted molar refractivity (Wildman–Crippen MR) is 85.6 cm³/mol. The second-order valence-corrected chi connectivity index (χ2v) is 5.39. The summed E-state index contributed by atoms with van der Waals surface area (Å²) in [5.74, 6) is 2.76. The van der Waals surface area contributed by atoms with E-state index in [1.165, 1.54) is 0 Å². The molecule has 1 N–H and O–H groups in total. The molecule has 5 nitrogen and oxygen atoms in total. The maximum absolute atomic E-state index is 10.5. The van der Waals surface area contributed by atoms with Crippen LogP contribution in [0.25, 0.3) is 0 Å². The highest BCUT2D eigenvalue weighted by molar-refractivity contribution is 5.52. The van der Waals surface area contributed by atoms with Crippen molar-refractivity contribution in [3.8, 4) is 23.0 Å². The Balaban J connectivity index is 1.95. The number of methoxy groups -OCH3 is 3. The minimum Gasteiger partial charge on any atom is -0.497 e. The molecule has 1 heterocycles. The molecule has 23 heavy (non-hydrogen) atoms. The molecule has 0 amide bonds. The molecule has 0 bridgehead atoms. The lowest BCUT2D eigenvalue weighted by molar-refractivity contribution is 0.0198. The molecular weight excluding hydrogens is 296 g/mol. The second-order valence-electron chi connectivity index (χ2n) is 5.39. The van der Waals surface area contributed by atoms with Crippen LogP contribution < -0.4 is 18.9 Å². The van der Waals surface area contributed by atoms with Crippen molar-refractivity contribution in [1.82, 2.24) is 0 Å². The number of benzene rings is 2.